The van der Waals surface area contributed by atoms with E-state index in [1.807, 2.05) is 6.07 Å². The fourth-order valence-electron chi connectivity index (χ4n) is 7.33. The highest BCUT2D eigenvalue weighted by Crippen LogP contribution is 2.54. The van der Waals surface area contributed by atoms with Crippen LogP contribution >= 0.6 is 11.3 Å². The second kappa shape index (κ2) is 13.2. The van der Waals surface area contributed by atoms with Crippen LogP contribution in [-0.2, 0) is 11.0 Å². The van der Waals surface area contributed by atoms with Gasteiger partial charge in [0.25, 0.3) is 0 Å². The molecular weight excluding hydrogens is 707 g/mol. The van der Waals surface area contributed by atoms with Gasteiger partial charge < -0.3 is 30.7 Å². The molecule has 0 radical (unpaired) electrons. The number of piperidine rings is 1. The van der Waals surface area contributed by atoms with Crippen molar-refractivity contribution in [2.75, 3.05) is 49.7 Å². The standard InChI is InChI=1S/C35H31F5N8O3S/c1-16(49)47-10-7-17(8-11-47)14-22(18-4-3-9-44-31(18)42)48-12-13-51-29-25-28(45-34(50-2)46-33(25)48)27(37)24(26(29)35(38,39)40)19-5-6-21(36)30-23(19)20(15-41)32(43)52-30/h3-6,9,17,22H,7-8,10-14,43H2,1-2H3,(H2,42,44). The first-order valence-electron chi connectivity index (χ1n) is 16.3. The highest BCUT2D eigenvalue weighted by molar-refractivity contribution is 7.23. The number of methoxy groups -OCH3 is 1. The number of benzene rings is 2. The smallest absolute Gasteiger partial charge is 0.420 e. The Morgan fingerprint density at radius 3 is 2.56 bits per heavy atom. The molecule has 5 heterocycles. The normalized spacial score (nSPS) is 15.7. The number of pyridine rings is 1. The number of nitriles is 1. The molecule has 0 aliphatic carbocycles. The number of nitrogens with zero attached hydrogens (tertiary/aromatic N) is 6. The van der Waals surface area contributed by atoms with Crippen LogP contribution < -0.4 is 25.8 Å². The molecule has 17 heteroatoms. The summed E-state index contributed by atoms with van der Waals surface area (Å²) in [5.41, 5.74) is 9.26. The lowest BCUT2D eigenvalue weighted by molar-refractivity contribution is -0.138. The van der Waals surface area contributed by atoms with Crippen LogP contribution in [0.15, 0.2) is 30.5 Å². The number of likely N-dealkylation sites (tertiary alicyclic amines) is 1. The van der Waals surface area contributed by atoms with Crippen molar-refractivity contribution in [3.05, 3.63) is 58.8 Å². The third-order valence-corrected chi connectivity index (χ3v) is 10.8. The minimum absolute atomic E-state index is 0.00999. The minimum atomic E-state index is -5.22. The van der Waals surface area contributed by atoms with Crippen LogP contribution in [0.5, 0.6) is 11.8 Å². The van der Waals surface area contributed by atoms with Gasteiger partial charge in [-0.3, -0.25) is 4.79 Å². The van der Waals surface area contributed by atoms with E-state index in [0.29, 0.717) is 49.3 Å². The molecule has 3 aromatic heterocycles. The lowest BCUT2D eigenvalue weighted by Crippen LogP contribution is -2.39. The van der Waals surface area contributed by atoms with E-state index in [0.717, 1.165) is 12.1 Å². The molecule has 4 N–H and O–H groups in total. The van der Waals surface area contributed by atoms with Gasteiger partial charge in [-0.25, -0.2) is 13.8 Å². The molecule has 2 aliphatic rings. The number of rotatable bonds is 6. The Morgan fingerprint density at radius 2 is 1.90 bits per heavy atom. The van der Waals surface area contributed by atoms with Gasteiger partial charge in [0.2, 0.25) is 5.91 Å². The van der Waals surface area contributed by atoms with Crippen molar-refractivity contribution >= 4 is 54.9 Å². The number of nitrogens with two attached hydrogens (primary N) is 2. The molecular formula is C35H31F5N8O3S. The quantitative estimate of drug-likeness (QED) is 0.177. The summed E-state index contributed by atoms with van der Waals surface area (Å²) in [6.45, 7) is 2.28. The Labute approximate surface area is 297 Å². The molecule has 0 spiro atoms. The number of alkyl halides is 3. The fourth-order valence-corrected chi connectivity index (χ4v) is 8.28. The van der Waals surface area contributed by atoms with Gasteiger partial charge in [-0.2, -0.15) is 28.4 Å². The number of halogens is 5. The third-order valence-electron chi connectivity index (χ3n) is 9.74. The summed E-state index contributed by atoms with van der Waals surface area (Å²) in [6.07, 6.45) is -1.92. The first kappa shape index (κ1) is 34.9. The van der Waals surface area contributed by atoms with Gasteiger partial charge in [0.15, 0.2) is 5.82 Å². The average molecular weight is 739 g/mol. The number of ether oxygens (including phenoxy) is 2. The summed E-state index contributed by atoms with van der Waals surface area (Å²) >= 11 is 0.671. The molecule has 2 aromatic carbocycles. The molecule has 11 nitrogen and oxygen atoms in total. The molecule has 1 atom stereocenters. The van der Waals surface area contributed by atoms with Crippen LogP contribution in [0.25, 0.3) is 32.1 Å². The maximum absolute atomic E-state index is 17.2. The van der Waals surface area contributed by atoms with Crippen LogP contribution in [0.2, 0.25) is 0 Å². The molecule has 1 amide bonds. The van der Waals surface area contributed by atoms with Crippen molar-refractivity contribution in [2.45, 2.75) is 38.4 Å². The lowest BCUT2D eigenvalue weighted by Gasteiger charge is -2.38. The van der Waals surface area contributed by atoms with Gasteiger partial charge >= 0.3 is 12.2 Å². The SMILES string of the molecule is COc1nc2c3c(c(C(F)(F)F)c(-c4ccc(F)c5sc(N)c(C#N)c45)c(F)c3n1)OCCN2C(CC1CCN(C(C)=O)CC1)c1cccnc1N. The Kier molecular flexibility index (Phi) is 8.89. The monoisotopic (exact) mass is 738 g/mol. The number of hydrogen-bond acceptors (Lipinski definition) is 11. The number of anilines is 3. The number of carbonyl (C=O) groups excluding carboxylic acids is 1. The summed E-state index contributed by atoms with van der Waals surface area (Å²) < 4.78 is 89.6. The predicted molar refractivity (Wildman–Crippen MR) is 185 cm³/mol. The van der Waals surface area contributed by atoms with E-state index >= 15 is 22.0 Å². The Hall–Kier alpha value is -5.50. The number of thiophene rings is 1. The lowest BCUT2D eigenvalue weighted by atomic mass is 9.86. The summed E-state index contributed by atoms with van der Waals surface area (Å²) in [7, 11) is 1.24. The van der Waals surface area contributed by atoms with Crippen molar-refractivity contribution in [3.8, 4) is 29.0 Å². The van der Waals surface area contributed by atoms with Gasteiger partial charge in [-0.15, -0.1) is 11.3 Å². The molecule has 1 fully saturated rings. The Bertz CT molecular complexity index is 2280. The minimum Gasteiger partial charge on any atom is -0.490 e. The highest BCUT2D eigenvalue weighted by atomic mass is 32.1. The van der Waals surface area contributed by atoms with Crippen molar-refractivity contribution in [3.63, 3.8) is 0 Å². The van der Waals surface area contributed by atoms with E-state index in [1.165, 1.54) is 20.2 Å². The van der Waals surface area contributed by atoms with E-state index in [1.54, 1.807) is 21.9 Å². The van der Waals surface area contributed by atoms with Gasteiger partial charge in [0.05, 0.1) is 35.3 Å². The predicted octanol–water partition coefficient (Wildman–Crippen LogP) is 6.84. The molecule has 2 aliphatic heterocycles. The Balaban J connectivity index is 1.50. The van der Waals surface area contributed by atoms with Crippen LogP contribution in [-0.4, -0.2) is 59.1 Å². The van der Waals surface area contributed by atoms with Crippen LogP contribution in [0, 0.1) is 28.9 Å². The molecule has 0 saturated carbocycles. The topological polar surface area (TPSA) is 157 Å². The molecule has 1 saturated heterocycles. The summed E-state index contributed by atoms with van der Waals surface area (Å²) in [4.78, 5) is 28.5. The zero-order valence-electron chi connectivity index (χ0n) is 27.9. The second-order valence-corrected chi connectivity index (χ2v) is 13.7. The van der Waals surface area contributed by atoms with Crippen molar-refractivity contribution < 1.29 is 36.2 Å². The number of carbonyl (C=O) groups is 1. The summed E-state index contributed by atoms with van der Waals surface area (Å²) in [5.74, 6) is -2.83. The number of nitrogen functional groups attached to an aromatic ring is 2. The van der Waals surface area contributed by atoms with E-state index in [9.17, 15) is 10.1 Å². The van der Waals surface area contributed by atoms with Crippen molar-refractivity contribution in [2.24, 2.45) is 5.92 Å². The molecule has 0 bridgehead atoms. The van der Waals surface area contributed by atoms with Gasteiger partial charge in [0, 0.05) is 42.7 Å². The Morgan fingerprint density at radius 1 is 1.15 bits per heavy atom. The van der Waals surface area contributed by atoms with Gasteiger partial charge in [-0.05, 0) is 42.9 Å². The van der Waals surface area contributed by atoms with Crippen molar-refractivity contribution in [1.82, 2.24) is 19.9 Å². The first-order valence-corrected chi connectivity index (χ1v) is 17.1. The van der Waals surface area contributed by atoms with Crippen LogP contribution in [0.3, 0.4) is 0 Å². The summed E-state index contributed by atoms with van der Waals surface area (Å²) in [6, 6.07) is 6.21. The van der Waals surface area contributed by atoms with Crippen LogP contribution in [0.4, 0.5) is 38.6 Å². The molecule has 52 heavy (non-hydrogen) atoms. The summed E-state index contributed by atoms with van der Waals surface area (Å²) in [5, 5.41) is 9.13. The number of hydrogen-bond donors (Lipinski definition) is 2. The van der Waals surface area contributed by atoms with Crippen LogP contribution in [0.1, 0.15) is 48.9 Å². The zero-order chi connectivity index (χ0) is 37.1. The molecule has 7 rings (SSSR count). The van der Waals surface area contributed by atoms with E-state index < -0.39 is 51.8 Å². The van der Waals surface area contributed by atoms with E-state index in [2.05, 4.69) is 15.0 Å². The third kappa shape index (κ3) is 5.80. The van der Waals surface area contributed by atoms with E-state index in [4.69, 9.17) is 20.9 Å². The molecule has 270 valence electrons. The molecule has 1 unspecified atom stereocenters. The maximum atomic E-state index is 17.2. The number of fused-ring (bicyclic) bond motifs is 1. The second-order valence-electron chi connectivity index (χ2n) is 12.6. The van der Waals surface area contributed by atoms with Crippen molar-refractivity contribution in [1.29, 1.82) is 5.26 Å². The maximum Gasteiger partial charge on any atom is 0.420 e. The largest absolute Gasteiger partial charge is 0.490 e. The average Bonchev–Trinajstić information content (AvgIpc) is 3.35. The fraction of sp³-hybridized carbons (Fsp3) is 0.343. The van der Waals surface area contributed by atoms with Gasteiger partial charge in [0.1, 0.15) is 52.0 Å². The van der Waals surface area contributed by atoms with Gasteiger partial charge in [-0.1, -0.05) is 12.1 Å². The number of aromatic nitrogens is 3. The molecule has 5 aromatic rings. The first-order chi connectivity index (χ1) is 24.8. The zero-order valence-corrected chi connectivity index (χ0v) is 28.7. The highest BCUT2D eigenvalue weighted by Gasteiger charge is 2.44. The van der Waals surface area contributed by atoms with E-state index in [-0.39, 0.29) is 68.7 Å². The number of amides is 1.